The van der Waals surface area contributed by atoms with E-state index in [0.717, 1.165) is 17.6 Å². The van der Waals surface area contributed by atoms with E-state index in [4.69, 9.17) is 9.47 Å². The number of esters is 1. The summed E-state index contributed by atoms with van der Waals surface area (Å²) in [5.74, 6) is 0.337. The lowest BCUT2D eigenvalue weighted by Crippen LogP contribution is -2.24. The molecule has 1 aliphatic heterocycles. The average molecular weight is 433 g/mol. The minimum atomic E-state index is -0.876. The van der Waals surface area contributed by atoms with Crippen molar-refractivity contribution in [1.29, 1.82) is 0 Å². The number of aliphatic hydroxyl groups is 1. The number of aliphatic hydroxyl groups excluding tert-OH is 1. The number of carbonyl (C=O) groups excluding carboxylic acids is 2. The molecule has 0 amide bonds. The van der Waals surface area contributed by atoms with Gasteiger partial charge in [-0.1, -0.05) is 49.4 Å². The van der Waals surface area contributed by atoms with E-state index in [1.165, 1.54) is 13.2 Å². The van der Waals surface area contributed by atoms with E-state index in [1.54, 1.807) is 36.4 Å². The van der Waals surface area contributed by atoms with Crippen LogP contribution in [-0.4, -0.2) is 16.9 Å². The summed E-state index contributed by atoms with van der Waals surface area (Å²) >= 11 is 0. The number of hydrogen-bond donors (Lipinski definition) is 1. The van der Waals surface area contributed by atoms with Gasteiger partial charge in [0.1, 0.15) is 5.76 Å². The van der Waals surface area contributed by atoms with E-state index in [9.17, 15) is 14.7 Å². The molecule has 0 saturated heterocycles. The van der Waals surface area contributed by atoms with Gasteiger partial charge in [-0.15, -0.1) is 0 Å². The maximum atomic E-state index is 12.5. The van der Waals surface area contributed by atoms with Crippen molar-refractivity contribution in [1.82, 2.24) is 0 Å². The highest BCUT2D eigenvalue weighted by molar-refractivity contribution is 6.00. The number of Topliss-reactive ketones (excluding diaryl/α,β-unsaturated/α-hetero) is 1. The standard InChI is InChI=1S/C27H28O5/c1-4-21(11-7-6-10-16-31-23-13-9-5-8-12-22(29)18-23)27(3)25-15-14-20(19(2)28)17-24(25)26(30)32-27/h5-7,9-11,13-18,29H,4,8,12H2,1-3H3/b7-6-,9-5-,16-10+,21-11+,22-18+,23-13+. The predicted molar refractivity (Wildman–Crippen MR) is 124 cm³/mol. The van der Waals surface area contributed by atoms with E-state index >= 15 is 0 Å². The Balaban J connectivity index is 1.73. The Morgan fingerprint density at radius 1 is 1.28 bits per heavy atom. The smallest absolute Gasteiger partial charge is 0.339 e. The average Bonchev–Trinajstić information content (AvgIpc) is 3.01. The first-order valence-corrected chi connectivity index (χ1v) is 10.7. The van der Waals surface area contributed by atoms with E-state index in [1.807, 2.05) is 44.2 Å². The van der Waals surface area contributed by atoms with Gasteiger partial charge in [-0.05, 0) is 50.5 Å². The van der Waals surface area contributed by atoms with Crippen LogP contribution < -0.4 is 0 Å². The summed E-state index contributed by atoms with van der Waals surface area (Å²) in [6.45, 7) is 5.36. The molecular weight excluding hydrogens is 404 g/mol. The van der Waals surface area contributed by atoms with Gasteiger partial charge in [0.05, 0.1) is 17.6 Å². The molecule has 3 rings (SSSR count). The van der Waals surface area contributed by atoms with Crippen LogP contribution in [0.5, 0.6) is 0 Å². The summed E-state index contributed by atoms with van der Waals surface area (Å²) in [4.78, 5) is 24.1. The highest BCUT2D eigenvalue weighted by Crippen LogP contribution is 2.43. The monoisotopic (exact) mass is 432 g/mol. The third kappa shape index (κ3) is 5.17. The normalized spacial score (nSPS) is 25.3. The summed E-state index contributed by atoms with van der Waals surface area (Å²) in [6.07, 6.45) is 18.2. The van der Waals surface area contributed by atoms with Crippen LogP contribution in [0.1, 0.15) is 66.3 Å². The van der Waals surface area contributed by atoms with Crippen molar-refractivity contribution in [2.75, 3.05) is 0 Å². The summed E-state index contributed by atoms with van der Waals surface area (Å²) in [5.41, 5.74) is 1.76. The maximum Gasteiger partial charge on any atom is 0.339 e. The largest absolute Gasteiger partial charge is 0.512 e. The first kappa shape index (κ1) is 23.1. The number of carbonyl (C=O) groups is 2. The second-order valence-electron chi connectivity index (χ2n) is 7.79. The lowest BCUT2D eigenvalue weighted by atomic mass is 9.84. The molecule has 1 aliphatic carbocycles. The van der Waals surface area contributed by atoms with Crippen molar-refractivity contribution in [2.45, 2.75) is 45.6 Å². The fourth-order valence-corrected chi connectivity index (χ4v) is 3.74. The number of benzene rings is 1. The fourth-order valence-electron chi connectivity index (χ4n) is 3.74. The Morgan fingerprint density at radius 2 is 2.09 bits per heavy atom. The SMILES string of the molecule is CC\C(=C/C=C\C=C\OC1=C/C=C\CC/C(O)=C\1)C1(C)OC(=O)c2cc(C(C)=O)ccc21. The molecule has 1 N–H and O–H groups in total. The number of ether oxygens (including phenoxy) is 2. The van der Waals surface area contributed by atoms with Crippen molar-refractivity contribution in [2.24, 2.45) is 0 Å². The van der Waals surface area contributed by atoms with Crippen molar-refractivity contribution in [3.8, 4) is 0 Å². The van der Waals surface area contributed by atoms with Crippen molar-refractivity contribution >= 4 is 11.8 Å². The van der Waals surface area contributed by atoms with Gasteiger partial charge in [0.25, 0.3) is 0 Å². The molecule has 166 valence electrons. The molecule has 1 aromatic rings. The van der Waals surface area contributed by atoms with E-state index in [-0.39, 0.29) is 11.5 Å². The zero-order chi connectivity index (χ0) is 23.1. The first-order valence-electron chi connectivity index (χ1n) is 10.7. The van der Waals surface area contributed by atoms with Crippen molar-refractivity contribution in [3.05, 3.63) is 107 Å². The van der Waals surface area contributed by atoms with Crippen molar-refractivity contribution < 1.29 is 24.2 Å². The second-order valence-corrected chi connectivity index (χ2v) is 7.79. The third-order valence-electron chi connectivity index (χ3n) is 5.53. The highest BCUT2D eigenvalue weighted by Gasteiger charge is 2.43. The van der Waals surface area contributed by atoms with Gasteiger partial charge in [0.15, 0.2) is 11.4 Å². The molecule has 1 unspecified atom stereocenters. The Kier molecular flexibility index (Phi) is 7.31. The van der Waals surface area contributed by atoms with Crippen LogP contribution in [0, 0.1) is 0 Å². The second kappa shape index (κ2) is 10.1. The lowest BCUT2D eigenvalue weighted by Gasteiger charge is -2.27. The van der Waals surface area contributed by atoms with Gasteiger partial charge < -0.3 is 14.6 Å². The van der Waals surface area contributed by atoms with E-state index in [0.29, 0.717) is 29.7 Å². The van der Waals surface area contributed by atoms with Gasteiger partial charge in [-0.3, -0.25) is 4.79 Å². The zero-order valence-corrected chi connectivity index (χ0v) is 18.6. The van der Waals surface area contributed by atoms with Gasteiger partial charge >= 0.3 is 5.97 Å². The number of allylic oxidation sites excluding steroid dienone is 9. The molecule has 0 bridgehead atoms. The molecule has 1 aromatic carbocycles. The first-order chi connectivity index (χ1) is 15.3. The Labute approximate surface area is 188 Å². The number of fused-ring (bicyclic) bond motifs is 1. The topological polar surface area (TPSA) is 72.8 Å². The fraction of sp³-hybridized carbons (Fsp3) is 0.259. The molecule has 32 heavy (non-hydrogen) atoms. The summed E-state index contributed by atoms with van der Waals surface area (Å²) in [5, 5.41) is 9.78. The Hall–Kier alpha value is -3.60. The molecule has 0 aromatic heterocycles. The summed E-state index contributed by atoms with van der Waals surface area (Å²) in [7, 11) is 0. The van der Waals surface area contributed by atoms with Crippen LogP contribution >= 0.6 is 0 Å². The lowest BCUT2D eigenvalue weighted by molar-refractivity contribution is 0.0155. The van der Waals surface area contributed by atoms with Crippen LogP contribution in [0.15, 0.2) is 90.2 Å². The minimum Gasteiger partial charge on any atom is -0.512 e. The molecule has 0 radical (unpaired) electrons. The summed E-state index contributed by atoms with van der Waals surface area (Å²) < 4.78 is 11.3. The van der Waals surface area contributed by atoms with Crippen LogP contribution in [0.25, 0.3) is 0 Å². The molecule has 5 heteroatoms. The molecule has 1 atom stereocenters. The van der Waals surface area contributed by atoms with Crippen LogP contribution in [0.2, 0.25) is 0 Å². The van der Waals surface area contributed by atoms with E-state index < -0.39 is 11.6 Å². The molecule has 1 heterocycles. The molecule has 0 spiro atoms. The van der Waals surface area contributed by atoms with E-state index in [2.05, 4.69) is 0 Å². The zero-order valence-electron chi connectivity index (χ0n) is 18.6. The molecule has 0 fully saturated rings. The number of ketones is 1. The van der Waals surface area contributed by atoms with Gasteiger partial charge in [0.2, 0.25) is 0 Å². The minimum absolute atomic E-state index is 0.0886. The van der Waals surface area contributed by atoms with Crippen LogP contribution in [-0.2, 0) is 15.1 Å². The molecule has 2 aliphatic rings. The highest BCUT2D eigenvalue weighted by atomic mass is 16.6. The maximum absolute atomic E-state index is 12.5. The number of rotatable bonds is 7. The summed E-state index contributed by atoms with van der Waals surface area (Å²) in [6, 6.07) is 5.15. The quantitative estimate of drug-likeness (QED) is 0.234. The van der Waals surface area contributed by atoms with Crippen molar-refractivity contribution in [3.63, 3.8) is 0 Å². The number of hydrogen-bond acceptors (Lipinski definition) is 5. The van der Waals surface area contributed by atoms with Gasteiger partial charge in [-0.2, -0.15) is 0 Å². The molecule has 5 nitrogen and oxygen atoms in total. The molecular formula is C27H28O5. The van der Waals surface area contributed by atoms with Gasteiger partial charge in [0, 0.05) is 23.6 Å². The Morgan fingerprint density at radius 3 is 2.84 bits per heavy atom. The van der Waals surface area contributed by atoms with Gasteiger partial charge in [-0.25, -0.2) is 4.79 Å². The van der Waals surface area contributed by atoms with Crippen LogP contribution in [0.3, 0.4) is 0 Å². The third-order valence-corrected chi connectivity index (χ3v) is 5.53. The Bertz CT molecular complexity index is 1080. The number of cyclic esters (lactones) is 1. The molecule has 0 saturated carbocycles. The predicted octanol–water partition coefficient (Wildman–Crippen LogP) is 6.37. The van der Waals surface area contributed by atoms with Crippen LogP contribution in [0.4, 0.5) is 0 Å².